The highest BCUT2D eigenvalue weighted by molar-refractivity contribution is 7.80. The van der Waals surface area contributed by atoms with Gasteiger partial charge in [-0.2, -0.15) is 0 Å². The molecule has 3 rings (SSSR count). The van der Waals surface area contributed by atoms with Crippen molar-refractivity contribution in [3.63, 3.8) is 0 Å². The van der Waals surface area contributed by atoms with E-state index in [9.17, 15) is 9.59 Å². The van der Waals surface area contributed by atoms with Gasteiger partial charge in [-0.1, -0.05) is 48.5 Å². The van der Waals surface area contributed by atoms with E-state index >= 15 is 0 Å². The minimum atomic E-state index is -0.536. The maximum Gasteiger partial charge on any atom is 0.250 e. The fourth-order valence-electron chi connectivity index (χ4n) is 2.63. The molecule has 2 amide bonds. The van der Waals surface area contributed by atoms with Crippen LogP contribution in [0.4, 0.5) is 5.69 Å². The van der Waals surface area contributed by atoms with Crippen LogP contribution in [0.2, 0.25) is 0 Å². The van der Waals surface area contributed by atoms with Crippen LogP contribution in [-0.4, -0.2) is 16.9 Å². The Morgan fingerprint density at radius 1 is 0.963 bits per heavy atom. The lowest BCUT2D eigenvalue weighted by molar-refractivity contribution is -0.115. The number of primary amides is 1. The number of thiocarbonyl (C=S) groups is 1. The van der Waals surface area contributed by atoms with E-state index in [2.05, 4.69) is 10.6 Å². The molecule has 0 heterocycles. The molecular formula is C21H17N3O2S. The number of rotatable bonds is 4. The van der Waals surface area contributed by atoms with Crippen LogP contribution in [0.25, 0.3) is 16.8 Å². The van der Waals surface area contributed by atoms with E-state index in [0.717, 1.165) is 16.3 Å². The zero-order valence-corrected chi connectivity index (χ0v) is 15.1. The Morgan fingerprint density at radius 2 is 1.70 bits per heavy atom. The number of nitrogens with one attached hydrogen (secondary N) is 2. The molecule has 0 aliphatic carbocycles. The Kier molecular flexibility index (Phi) is 5.58. The van der Waals surface area contributed by atoms with Crippen molar-refractivity contribution in [1.29, 1.82) is 0 Å². The molecule has 0 unspecified atom stereocenters. The van der Waals surface area contributed by atoms with Crippen LogP contribution >= 0.6 is 12.2 Å². The number of hydrogen-bond acceptors (Lipinski definition) is 3. The Hall–Kier alpha value is -3.51. The molecule has 0 fully saturated rings. The molecule has 0 atom stereocenters. The van der Waals surface area contributed by atoms with E-state index in [-0.39, 0.29) is 11.0 Å². The summed E-state index contributed by atoms with van der Waals surface area (Å²) >= 11 is 5.14. The van der Waals surface area contributed by atoms with Gasteiger partial charge in [-0.15, -0.1) is 0 Å². The number of benzene rings is 3. The van der Waals surface area contributed by atoms with Gasteiger partial charge in [-0.25, -0.2) is 0 Å². The van der Waals surface area contributed by atoms with Gasteiger partial charge in [-0.05, 0) is 52.8 Å². The van der Waals surface area contributed by atoms with E-state index in [1.807, 2.05) is 42.5 Å². The molecule has 134 valence electrons. The predicted molar refractivity (Wildman–Crippen MR) is 112 cm³/mol. The highest BCUT2D eigenvalue weighted by Gasteiger charge is 2.05. The largest absolute Gasteiger partial charge is 0.366 e. The van der Waals surface area contributed by atoms with Gasteiger partial charge in [-0.3, -0.25) is 14.9 Å². The van der Waals surface area contributed by atoms with Crippen molar-refractivity contribution in [1.82, 2.24) is 5.32 Å². The fraction of sp³-hybridized carbons (Fsp3) is 0. The first-order chi connectivity index (χ1) is 13.0. The summed E-state index contributed by atoms with van der Waals surface area (Å²) in [5.41, 5.74) is 7.11. The summed E-state index contributed by atoms with van der Waals surface area (Å²) in [6, 6.07) is 20.4. The van der Waals surface area contributed by atoms with Crippen LogP contribution < -0.4 is 16.4 Å². The predicted octanol–water partition coefficient (Wildman–Crippen LogP) is 3.47. The summed E-state index contributed by atoms with van der Waals surface area (Å²) in [5.74, 6) is -0.891. The van der Waals surface area contributed by atoms with E-state index in [1.165, 1.54) is 6.08 Å². The van der Waals surface area contributed by atoms with E-state index in [1.54, 1.807) is 30.3 Å². The molecule has 0 aliphatic rings. The summed E-state index contributed by atoms with van der Waals surface area (Å²) in [6.45, 7) is 0. The summed E-state index contributed by atoms with van der Waals surface area (Å²) in [6.07, 6.45) is 3.17. The van der Waals surface area contributed by atoms with Crippen LogP contribution in [0.5, 0.6) is 0 Å². The van der Waals surface area contributed by atoms with Crippen molar-refractivity contribution in [3.05, 3.63) is 83.9 Å². The van der Waals surface area contributed by atoms with Gasteiger partial charge in [0.25, 0.3) is 0 Å². The van der Waals surface area contributed by atoms with Crippen LogP contribution in [0, 0.1) is 0 Å². The van der Waals surface area contributed by atoms with Gasteiger partial charge >= 0.3 is 0 Å². The quantitative estimate of drug-likeness (QED) is 0.482. The maximum atomic E-state index is 12.1. The molecule has 6 heteroatoms. The SMILES string of the molecule is NC(=O)c1cccc(NC(=S)NC(=O)/C=C/c2cccc3ccccc23)c1. The van der Waals surface area contributed by atoms with E-state index in [0.29, 0.717) is 11.3 Å². The molecule has 0 radical (unpaired) electrons. The van der Waals surface area contributed by atoms with E-state index in [4.69, 9.17) is 18.0 Å². The van der Waals surface area contributed by atoms with Crippen LogP contribution in [0.3, 0.4) is 0 Å². The lowest BCUT2D eigenvalue weighted by Crippen LogP contribution is -2.32. The second-order valence-electron chi connectivity index (χ2n) is 5.79. The van der Waals surface area contributed by atoms with Crippen molar-refractivity contribution >= 4 is 51.7 Å². The molecule has 0 saturated heterocycles. The van der Waals surface area contributed by atoms with Crippen LogP contribution in [0.1, 0.15) is 15.9 Å². The number of nitrogens with two attached hydrogens (primary N) is 1. The first-order valence-electron chi connectivity index (χ1n) is 8.20. The number of fused-ring (bicyclic) bond motifs is 1. The number of carbonyl (C=O) groups excluding carboxylic acids is 2. The number of anilines is 1. The molecular weight excluding hydrogens is 358 g/mol. The first-order valence-corrected chi connectivity index (χ1v) is 8.61. The molecule has 0 bridgehead atoms. The molecule has 3 aromatic rings. The summed E-state index contributed by atoms with van der Waals surface area (Å²) < 4.78 is 0. The van der Waals surface area contributed by atoms with Crippen molar-refractivity contribution in [2.24, 2.45) is 5.73 Å². The van der Waals surface area contributed by atoms with Crippen molar-refractivity contribution < 1.29 is 9.59 Å². The Bertz CT molecular complexity index is 1050. The minimum absolute atomic E-state index is 0.129. The lowest BCUT2D eigenvalue weighted by Gasteiger charge is -2.09. The minimum Gasteiger partial charge on any atom is -0.366 e. The topological polar surface area (TPSA) is 84.2 Å². The smallest absolute Gasteiger partial charge is 0.250 e. The molecule has 27 heavy (non-hydrogen) atoms. The molecule has 0 spiro atoms. The molecule has 0 saturated carbocycles. The van der Waals surface area contributed by atoms with Crippen molar-refractivity contribution in [2.75, 3.05) is 5.32 Å². The second kappa shape index (κ2) is 8.25. The molecule has 3 aromatic carbocycles. The van der Waals surface area contributed by atoms with Gasteiger partial charge in [0.05, 0.1) is 0 Å². The normalized spacial score (nSPS) is 10.7. The third-order valence-electron chi connectivity index (χ3n) is 3.88. The van der Waals surface area contributed by atoms with E-state index < -0.39 is 5.91 Å². The second-order valence-corrected chi connectivity index (χ2v) is 6.20. The molecule has 0 aliphatic heterocycles. The van der Waals surface area contributed by atoms with Crippen molar-refractivity contribution in [2.45, 2.75) is 0 Å². The summed E-state index contributed by atoms with van der Waals surface area (Å²) in [7, 11) is 0. The summed E-state index contributed by atoms with van der Waals surface area (Å²) in [4.78, 5) is 23.3. The number of amides is 2. The van der Waals surface area contributed by atoms with Crippen LogP contribution in [0.15, 0.2) is 72.8 Å². The monoisotopic (exact) mass is 375 g/mol. The van der Waals surface area contributed by atoms with Gasteiger partial charge in [0.2, 0.25) is 11.8 Å². The fourth-order valence-corrected chi connectivity index (χ4v) is 2.85. The Balaban J connectivity index is 1.65. The standard InChI is InChI=1S/C21H17N3O2S/c22-20(26)16-8-4-9-17(13-16)23-21(27)24-19(25)12-11-15-7-3-6-14-5-1-2-10-18(14)15/h1-13H,(H2,22,26)(H2,23,24,25,27)/b12-11+. The highest BCUT2D eigenvalue weighted by atomic mass is 32.1. The van der Waals surface area contributed by atoms with Gasteiger partial charge in [0, 0.05) is 17.3 Å². The average Bonchev–Trinajstić information content (AvgIpc) is 2.66. The maximum absolute atomic E-state index is 12.1. The molecule has 4 N–H and O–H groups in total. The molecule has 5 nitrogen and oxygen atoms in total. The lowest BCUT2D eigenvalue weighted by atomic mass is 10.0. The van der Waals surface area contributed by atoms with Crippen LogP contribution in [-0.2, 0) is 4.79 Å². The number of carbonyl (C=O) groups is 2. The first kappa shape index (κ1) is 18.3. The third-order valence-corrected chi connectivity index (χ3v) is 4.08. The van der Waals surface area contributed by atoms with Gasteiger partial charge in [0.1, 0.15) is 0 Å². The number of hydrogen-bond donors (Lipinski definition) is 3. The third kappa shape index (κ3) is 4.77. The average molecular weight is 375 g/mol. The summed E-state index contributed by atoms with van der Waals surface area (Å²) in [5, 5.41) is 7.72. The van der Waals surface area contributed by atoms with Crippen molar-refractivity contribution in [3.8, 4) is 0 Å². The zero-order valence-electron chi connectivity index (χ0n) is 14.3. The molecule has 0 aromatic heterocycles. The Labute approximate surface area is 161 Å². The van der Waals surface area contributed by atoms with Gasteiger partial charge in [0.15, 0.2) is 5.11 Å². The zero-order chi connectivity index (χ0) is 19.2. The Morgan fingerprint density at radius 3 is 2.52 bits per heavy atom. The van der Waals surface area contributed by atoms with Gasteiger partial charge < -0.3 is 11.1 Å². The highest BCUT2D eigenvalue weighted by Crippen LogP contribution is 2.19.